The van der Waals surface area contributed by atoms with Crippen molar-refractivity contribution in [1.29, 1.82) is 0 Å². The maximum Gasteiger partial charge on any atom is 0.419 e. The van der Waals surface area contributed by atoms with Crippen molar-refractivity contribution in [2.75, 3.05) is 10.6 Å². The minimum absolute atomic E-state index is 0.161. The number of amides is 1. The van der Waals surface area contributed by atoms with E-state index >= 15 is 0 Å². The highest BCUT2D eigenvalue weighted by Gasteiger charge is 2.34. The molecule has 0 saturated carbocycles. The van der Waals surface area contributed by atoms with Gasteiger partial charge in [-0.15, -0.1) is 0 Å². The van der Waals surface area contributed by atoms with E-state index in [1.165, 1.54) is 6.07 Å². The summed E-state index contributed by atoms with van der Waals surface area (Å²) in [4.78, 5) is 16.6. The van der Waals surface area contributed by atoms with Crippen LogP contribution in [0.25, 0.3) is 0 Å². The molecule has 3 aromatic rings. The van der Waals surface area contributed by atoms with Crippen LogP contribution in [0.3, 0.4) is 0 Å². The number of nitrogens with zero attached hydrogens (tertiary/aromatic N) is 1. The number of rotatable bonds is 5. The highest BCUT2D eigenvalue weighted by molar-refractivity contribution is 6.08. The Hall–Kier alpha value is -3.62. The Morgan fingerprint density at radius 1 is 1.10 bits per heavy atom. The van der Waals surface area contributed by atoms with Gasteiger partial charge in [0.15, 0.2) is 5.75 Å². The smallest absolute Gasteiger partial charge is 0.419 e. The molecule has 0 spiro atoms. The van der Waals surface area contributed by atoms with Crippen molar-refractivity contribution >= 4 is 17.3 Å². The lowest BCUT2D eigenvalue weighted by Gasteiger charge is -2.13. The molecule has 2 heterocycles. The normalized spacial score (nSPS) is 12.0. The van der Waals surface area contributed by atoms with Crippen molar-refractivity contribution in [3.8, 4) is 11.6 Å². The average Bonchev–Trinajstić information content (AvgIpc) is 3.47. The Morgan fingerprint density at radius 3 is 2.69 bits per heavy atom. The molecule has 2 aromatic carbocycles. The van der Waals surface area contributed by atoms with Gasteiger partial charge in [0.25, 0.3) is 11.8 Å². The molecule has 0 aliphatic carbocycles. The lowest BCUT2D eigenvalue weighted by Crippen LogP contribution is -2.16. The Morgan fingerprint density at radius 2 is 1.90 bits per heavy atom. The predicted molar refractivity (Wildman–Crippen MR) is 97.4 cm³/mol. The topological polar surface area (TPSA) is 66.5 Å². The SMILES string of the molecule is O=C(Nc1ccc(F)c(C(F)(F)F)c1)c1ccccc1NCc1ccnc2c1O2. The molecule has 9 heteroatoms. The average molecular weight is 403 g/mol. The Bertz CT molecular complexity index is 1100. The Balaban J connectivity index is 1.52. The Labute approximate surface area is 162 Å². The maximum absolute atomic E-state index is 13.4. The number of nitrogens with one attached hydrogen (secondary N) is 2. The van der Waals surface area contributed by atoms with Gasteiger partial charge in [-0.25, -0.2) is 9.37 Å². The van der Waals surface area contributed by atoms with Crippen LogP contribution in [0.2, 0.25) is 0 Å². The van der Waals surface area contributed by atoms with Gasteiger partial charge in [-0.3, -0.25) is 4.79 Å². The van der Waals surface area contributed by atoms with Gasteiger partial charge < -0.3 is 15.4 Å². The summed E-state index contributed by atoms with van der Waals surface area (Å²) in [6.07, 6.45) is -3.26. The molecular formula is C20H13F4N3O2. The molecule has 1 amide bonds. The van der Waals surface area contributed by atoms with E-state index in [-0.39, 0.29) is 11.3 Å². The minimum atomic E-state index is -4.86. The third kappa shape index (κ3) is 3.98. The Kier molecular flexibility index (Phi) is 4.57. The molecule has 0 radical (unpaired) electrons. The summed E-state index contributed by atoms with van der Waals surface area (Å²) in [5, 5.41) is 5.48. The number of ether oxygens (including phenoxy) is 1. The van der Waals surface area contributed by atoms with E-state index in [2.05, 4.69) is 15.6 Å². The molecule has 29 heavy (non-hydrogen) atoms. The monoisotopic (exact) mass is 403 g/mol. The second-order valence-electron chi connectivity index (χ2n) is 6.25. The number of para-hydroxylation sites is 1. The highest BCUT2D eigenvalue weighted by atomic mass is 19.4. The molecule has 1 aliphatic heterocycles. The lowest BCUT2D eigenvalue weighted by atomic mass is 10.1. The second-order valence-corrected chi connectivity index (χ2v) is 6.25. The van der Waals surface area contributed by atoms with E-state index in [0.29, 0.717) is 36.0 Å². The van der Waals surface area contributed by atoms with Crippen LogP contribution in [0, 0.1) is 5.82 Å². The standard InChI is InChI=1S/C20H13F4N3O2/c21-15-6-5-12(9-14(15)20(22,23)24)27-18(28)13-3-1-2-4-16(13)26-10-11-7-8-25-19-17(11)29-19/h1-9,26H,10H2,(H,27,28). The van der Waals surface area contributed by atoms with E-state index in [9.17, 15) is 22.4 Å². The minimum Gasteiger partial charge on any atom is -0.430 e. The quantitative estimate of drug-likeness (QED) is 0.355. The van der Waals surface area contributed by atoms with E-state index in [4.69, 9.17) is 4.74 Å². The van der Waals surface area contributed by atoms with Crippen LogP contribution in [0.5, 0.6) is 11.6 Å². The first-order valence-corrected chi connectivity index (χ1v) is 8.49. The predicted octanol–water partition coefficient (Wildman–Crippen LogP) is 5.21. The lowest BCUT2D eigenvalue weighted by molar-refractivity contribution is -0.139. The zero-order valence-electron chi connectivity index (χ0n) is 14.7. The van der Waals surface area contributed by atoms with Gasteiger partial charge in [-0.1, -0.05) is 12.1 Å². The van der Waals surface area contributed by atoms with Crippen LogP contribution >= 0.6 is 0 Å². The number of fused-ring (bicyclic) bond motifs is 1. The van der Waals surface area contributed by atoms with Gasteiger partial charge in [0.05, 0.1) is 11.1 Å². The number of hydrogen-bond acceptors (Lipinski definition) is 4. The first-order valence-electron chi connectivity index (χ1n) is 8.49. The van der Waals surface area contributed by atoms with Crippen molar-refractivity contribution < 1.29 is 27.1 Å². The highest BCUT2D eigenvalue weighted by Crippen LogP contribution is 2.45. The van der Waals surface area contributed by atoms with Crippen molar-refractivity contribution in [2.45, 2.75) is 12.7 Å². The molecule has 0 unspecified atom stereocenters. The van der Waals surface area contributed by atoms with Crippen molar-refractivity contribution in [3.63, 3.8) is 0 Å². The fourth-order valence-electron chi connectivity index (χ4n) is 2.81. The number of benzene rings is 2. The number of halogens is 4. The van der Waals surface area contributed by atoms with Gasteiger partial charge in [-0.2, -0.15) is 13.2 Å². The summed E-state index contributed by atoms with van der Waals surface area (Å²) in [6, 6.07) is 10.6. The fraction of sp³-hybridized carbons (Fsp3) is 0.100. The summed E-state index contributed by atoms with van der Waals surface area (Å²) in [7, 11) is 0. The van der Waals surface area contributed by atoms with Crippen LogP contribution < -0.4 is 15.4 Å². The summed E-state index contributed by atoms with van der Waals surface area (Å²) < 4.78 is 57.3. The molecule has 0 saturated heterocycles. The number of hydrogen-bond donors (Lipinski definition) is 2. The van der Waals surface area contributed by atoms with E-state index in [1.807, 2.05) is 0 Å². The molecule has 5 nitrogen and oxygen atoms in total. The third-order valence-corrected chi connectivity index (χ3v) is 4.28. The van der Waals surface area contributed by atoms with E-state index in [0.717, 1.165) is 11.6 Å². The largest absolute Gasteiger partial charge is 0.430 e. The van der Waals surface area contributed by atoms with E-state index < -0.39 is 23.5 Å². The van der Waals surface area contributed by atoms with Crippen molar-refractivity contribution in [1.82, 2.24) is 4.98 Å². The number of carbonyl (C=O) groups is 1. The van der Waals surface area contributed by atoms with Crippen LogP contribution in [-0.4, -0.2) is 10.9 Å². The number of anilines is 2. The third-order valence-electron chi connectivity index (χ3n) is 4.28. The van der Waals surface area contributed by atoms with Crippen LogP contribution in [0.1, 0.15) is 21.5 Å². The fourth-order valence-corrected chi connectivity index (χ4v) is 2.81. The van der Waals surface area contributed by atoms with Gasteiger partial charge >= 0.3 is 6.18 Å². The van der Waals surface area contributed by atoms with Crippen LogP contribution in [0.15, 0.2) is 54.7 Å². The first-order chi connectivity index (χ1) is 13.8. The zero-order valence-corrected chi connectivity index (χ0v) is 14.7. The molecule has 4 rings (SSSR count). The van der Waals surface area contributed by atoms with E-state index in [1.54, 1.807) is 30.5 Å². The molecule has 1 aromatic heterocycles. The van der Waals surface area contributed by atoms with Gasteiger partial charge in [0.1, 0.15) is 5.82 Å². The van der Waals surface area contributed by atoms with Gasteiger partial charge in [0.2, 0.25) is 0 Å². The number of alkyl halides is 3. The molecule has 0 atom stereocenters. The molecule has 2 N–H and O–H groups in total. The summed E-state index contributed by atoms with van der Waals surface area (Å²) in [5.74, 6) is -0.785. The maximum atomic E-state index is 13.4. The molecule has 0 fully saturated rings. The summed E-state index contributed by atoms with van der Waals surface area (Å²) in [6.45, 7) is 0.365. The molecule has 0 bridgehead atoms. The molecule has 1 aliphatic rings. The summed E-state index contributed by atoms with van der Waals surface area (Å²) in [5.41, 5.74) is -0.0404. The van der Waals surface area contributed by atoms with Crippen molar-refractivity contribution in [3.05, 3.63) is 77.2 Å². The number of aromatic nitrogens is 1. The molecular weight excluding hydrogens is 390 g/mol. The number of pyridine rings is 1. The number of carbonyl (C=O) groups excluding carboxylic acids is 1. The first kappa shape index (κ1) is 18.7. The van der Waals surface area contributed by atoms with Crippen molar-refractivity contribution in [2.24, 2.45) is 0 Å². The summed E-state index contributed by atoms with van der Waals surface area (Å²) >= 11 is 0. The van der Waals surface area contributed by atoms with Gasteiger partial charge in [0, 0.05) is 29.7 Å². The van der Waals surface area contributed by atoms with Crippen LogP contribution in [-0.2, 0) is 12.7 Å². The molecule has 148 valence electrons. The second kappa shape index (κ2) is 7.08. The zero-order chi connectivity index (χ0) is 20.6. The van der Waals surface area contributed by atoms with Crippen LogP contribution in [0.4, 0.5) is 28.9 Å². The van der Waals surface area contributed by atoms with Gasteiger partial charge in [-0.05, 0) is 36.4 Å².